The van der Waals surface area contributed by atoms with E-state index in [1.165, 1.54) is 24.0 Å². The van der Waals surface area contributed by atoms with Gasteiger partial charge in [0.2, 0.25) is 0 Å². The average Bonchev–Trinajstić information content (AvgIpc) is 2.41. The van der Waals surface area contributed by atoms with Crippen LogP contribution in [0.5, 0.6) is 0 Å². The van der Waals surface area contributed by atoms with Gasteiger partial charge in [0.15, 0.2) is 24.8 Å². The summed E-state index contributed by atoms with van der Waals surface area (Å²) in [6.07, 6.45) is 10.9. The first kappa shape index (κ1) is 19.4. The Morgan fingerprint density at radius 1 is 0.850 bits per heavy atom. The van der Waals surface area contributed by atoms with Gasteiger partial charge < -0.3 is 24.8 Å². The smallest absolute Gasteiger partial charge is 0.169 e. The second-order valence-electron chi connectivity index (χ2n) is 4.47. The number of rotatable bonds is 5. The van der Waals surface area contributed by atoms with Gasteiger partial charge in [0.25, 0.3) is 0 Å². The molecule has 0 atom stereocenters. The third kappa shape index (κ3) is 5.78. The van der Waals surface area contributed by atoms with Crippen molar-refractivity contribution in [2.45, 2.75) is 19.4 Å². The molecule has 2 rings (SSSR count). The lowest BCUT2D eigenvalue weighted by atomic mass is 10.1. The molecule has 0 aromatic carbocycles. The molecule has 0 saturated carbocycles. The van der Waals surface area contributed by atoms with Gasteiger partial charge in [0.1, 0.15) is 13.6 Å². The Labute approximate surface area is 141 Å². The van der Waals surface area contributed by atoms with Gasteiger partial charge >= 0.3 is 0 Å². The van der Waals surface area contributed by atoms with Gasteiger partial charge in [-0.2, -0.15) is 0 Å². The van der Waals surface area contributed by atoms with Crippen molar-refractivity contribution in [3.8, 4) is 11.1 Å². The number of nitrogens with zero attached hydrogens (tertiary/aromatic N) is 2. The molecule has 0 fully saturated rings. The quantitative estimate of drug-likeness (QED) is 0.292. The van der Waals surface area contributed by atoms with Crippen molar-refractivity contribution in [3.63, 3.8) is 0 Å². The highest BCUT2D eigenvalue weighted by atomic mass is 79.9. The zero-order chi connectivity index (χ0) is 12.8. The average molecular weight is 378 g/mol. The van der Waals surface area contributed by atoms with Crippen molar-refractivity contribution in [2.24, 2.45) is 7.05 Å². The fourth-order valence-electron chi connectivity index (χ4n) is 1.88. The molecule has 2 aromatic heterocycles. The zero-order valence-corrected chi connectivity index (χ0v) is 14.6. The topological polar surface area (TPSA) is 7.76 Å². The van der Waals surface area contributed by atoms with Crippen LogP contribution in [0.15, 0.2) is 49.1 Å². The van der Waals surface area contributed by atoms with Crippen molar-refractivity contribution in [3.05, 3.63) is 49.1 Å². The van der Waals surface area contributed by atoms with Crippen LogP contribution in [0, 0.1) is 0 Å². The summed E-state index contributed by atoms with van der Waals surface area (Å²) in [6.45, 7) is 1.09. The van der Waals surface area contributed by atoms with E-state index < -0.39 is 0 Å². The van der Waals surface area contributed by atoms with Crippen molar-refractivity contribution < 1.29 is 33.9 Å². The van der Waals surface area contributed by atoms with E-state index in [1.807, 2.05) is 11.6 Å². The molecule has 0 unspecified atom stereocenters. The highest BCUT2D eigenvalue weighted by Gasteiger charge is 2.03. The molecule has 0 spiro atoms. The molecule has 20 heavy (non-hydrogen) atoms. The van der Waals surface area contributed by atoms with Crippen LogP contribution in [0.3, 0.4) is 0 Å². The Morgan fingerprint density at radius 2 is 1.35 bits per heavy atom. The molecule has 0 bridgehead atoms. The van der Waals surface area contributed by atoms with Crippen LogP contribution >= 0.6 is 15.9 Å². The standard InChI is InChI=1S/C15H19BrN2.2ClH/c1-17-10-4-14(5-11-17)15-6-12-18(13-7-15)9-3-2-8-16;;/h4-7,10-13H,2-3,8-9H2,1H3;2*1H/q+2;;/p-2. The third-order valence-electron chi connectivity index (χ3n) is 3.00. The third-order valence-corrected chi connectivity index (χ3v) is 3.56. The predicted octanol–water partition coefficient (Wildman–Crippen LogP) is -3.35. The van der Waals surface area contributed by atoms with Crippen molar-refractivity contribution >= 4 is 15.9 Å². The van der Waals surface area contributed by atoms with Gasteiger partial charge in [-0.1, -0.05) is 15.9 Å². The minimum absolute atomic E-state index is 0. The minimum Gasteiger partial charge on any atom is -1.00 e. The van der Waals surface area contributed by atoms with E-state index in [4.69, 9.17) is 0 Å². The highest BCUT2D eigenvalue weighted by Crippen LogP contribution is 2.15. The number of unbranched alkanes of at least 4 members (excludes halogenated alkanes) is 1. The SMILES string of the molecule is C[n+]1ccc(-c2cc[n+](CCCCBr)cc2)cc1.[Cl-].[Cl-]. The number of hydrogen-bond donors (Lipinski definition) is 0. The molecule has 0 amide bonds. The van der Waals surface area contributed by atoms with Crippen LogP contribution in [-0.4, -0.2) is 5.33 Å². The lowest BCUT2D eigenvalue weighted by Gasteiger charge is -2.00. The van der Waals surface area contributed by atoms with Crippen LogP contribution in [0.4, 0.5) is 0 Å². The van der Waals surface area contributed by atoms with Crippen molar-refractivity contribution in [1.29, 1.82) is 0 Å². The summed E-state index contributed by atoms with van der Waals surface area (Å²) >= 11 is 3.46. The molecule has 0 saturated heterocycles. The Kier molecular flexibility index (Phi) is 9.82. The molecule has 5 heteroatoms. The van der Waals surface area contributed by atoms with Crippen LogP contribution in [-0.2, 0) is 13.6 Å². The molecular formula is C15H19BrCl2N2. The van der Waals surface area contributed by atoms with E-state index in [0.29, 0.717) is 0 Å². The van der Waals surface area contributed by atoms with Gasteiger partial charge in [-0.3, -0.25) is 0 Å². The highest BCUT2D eigenvalue weighted by molar-refractivity contribution is 9.09. The molecule has 2 heterocycles. The fraction of sp³-hybridized carbons (Fsp3) is 0.333. The van der Waals surface area contributed by atoms with Crippen LogP contribution in [0.25, 0.3) is 11.1 Å². The minimum atomic E-state index is 0. The summed E-state index contributed by atoms with van der Waals surface area (Å²) in [6, 6.07) is 8.65. The van der Waals surface area contributed by atoms with Gasteiger partial charge in [0, 0.05) is 36.0 Å². The van der Waals surface area contributed by atoms with E-state index in [9.17, 15) is 0 Å². The summed E-state index contributed by atoms with van der Waals surface area (Å²) in [5.41, 5.74) is 2.54. The summed E-state index contributed by atoms with van der Waals surface area (Å²) in [5.74, 6) is 0. The Hall–Kier alpha value is -0.640. The number of aromatic nitrogens is 2. The van der Waals surface area contributed by atoms with E-state index in [0.717, 1.165) is 11.9 Å². The maximum atomic E-state index is 3.46. The number of halogens is 3. The Bertz CT molecular complexity index is 486. The predicted molar refractivity (Wildman–Crippen MR) is 76.3 cm³/mol. The number of aryl methyl sites for hydroxylation is 2. The van der Waals surface area contributed by atoms with E-state index in [-0.39, 0.29) is 24.8 Å². The first-order valence-electron chi connectivity index (χ1n) is 6.30. The van der Waals surface area contributed by atoms with E-state index in [1.54, 1.807) is 0 Å². The summed E-state index contributed by atoms with van der Waals surface area (Å²) in [4.78, 5) is 0. The molecule has 110 valence electrons. The molecule has 0 aliphatic rings. The molecular weight excluding hydrogens is 359 g/mol. The molecule has 0 radical (unpaired) electrons. The molecule has 0 aliphatic carbocycles. The largest absolute Gasteiger partial charge is 1.00 e. The number of hydrogen-bond acceptors (Lipinski definition) is 0. The second kappa shape index (κ2) is 10.1. The van der Waals surface area contributed by atoms with Crippen molar-refractivity contribution in [2.75, 3.05) is 5.33 Å². The lowest BCUT2D eigenvalue weighted by molar-refractivity contribution is -0.697. The summed E-state index contributed by atoms with van der Waals surface area (Å²) in [7, 11) is 2.03. The molecule has 2 nitrogen and oxygen atoms in total. The van der Waals surface area contributed by atoms with Gasteiger partial charge in [0.05, 0.1) is 0 Å². The lowest BCUT2D eigenvalue weighted by Crippen LogP contribution is -3.00. The first-order chi connectivity index (χ1) is 8.79. The second-order valence-corrected chi connectivity index (χ2v) is 5.27. The van der Waals surface area contributed by atoms with Crippen LogP contribution in [0.2, 0.25) is 0 Å². The Balaban J connectivity index is 0.00000180. The first-order valence-corrected chi connectivity index (χ1v) is 7.42. The number of pyridine rings is 2. The van der Waals surface area contributed by atoms with E-state index >= 15 is 0 Å². The maximum Gasteiger partial charge on any atom is 0.169 e. The van der Waals surface area contributed by atoms with Gasteiger partial charge in [-0.15, -0.1) is 0 Å². The van der Waals surface area contributed by atoms with E-state index in [2.05, 4.69) is 69.5 Å². The molecule has 0 aliphatic heterocycles. The zero-order valence-electron chi connectivity index (χ0n) is 11.5. The fourth-order valence-corrected chi connectivity index (χ4v) is 2.28. The normalized spacial score (nSPS) is 9.50. The maximum absolute atomic E-state index is 3.46. The molecule has 2 aromatic rings. The Morgan fingerprint density at radius 3 is 1.85 bits per heavy atom. The van der Waals surface area contributed by atoms with Crippen LogP contribution in [0.1, 0.15) is 12.8 Å². The summed E-state index contributed by atoms with van der Waals surface area (Å²) < 4.78 is 4.29. The van der Waals surface area contributed by atoms with Crippen LogP contribution < -0.4 is 33.9 Å². The van der Waals surface area contributed by atoms with Crippen molar-refractivity contribution in [1.82, 2.24) is 0 Å². The summed E-state index contributed by atoms with van der Waals surface area (Å²) in [5, 5.41) is 1.09. The number of alkyl halides is 1. The van der Waals surface area contributed by atoms with Gasteiger partial charge in [-0.25, -0.2) is 9.13 Å². The molecule has 0 N–H and O–H groups in total. The van der Waals surface area contributed by atoms with Gasteiger partial charge in [-0.05, 0) is 17.5 Å². The monoisotopic (exact) mass is 376 g/mol.